The quantitative estimate of drug-likeness (QED) is 0.876. The van der Waals surface area contributed by atoms with E-state index < -0.39 is 10.0 Å². The molecule has 0 spiro atoms. The van der Waals surface area contributed by atoms with Gasteiger partial charge in [0.15, 0.2) is 0 Å². The SMILES string of the molecule is CNCCc1ccc(S(=O)(=O)N2CCCOCC2)cc1. The van der Waals surface area contributed by atoms with Gasteiger partial charge in [0.05, 0.1) is 11.5 Å². The summed E-state index contributed by atoms with van der Waals surface area (Å²) >= 11 is 0. The van der Waals surface area contributed by atoms with Gasteiger partial charge in [-0.05, 0) is 44.1 Å². The molecule has 1 aromatic rings. The standard InChI is InChI=1S/C14H22N2O3S/c1-15-8-7-13-3-5-14(6-4-13)20(17,18)16-9-2-11-19-12-10-16/h3-6,15H,2,7-12H2,1H3. The van der Waals surface area contributed by atoms with Gasteiger partial charge in [-0.3, -0.25) is 0 Å². The van der Waals surface area contributed by atoms with Crippen molar-refractivity contribution >= 4 is 10.0 Å². The number of likely N-dealkylation sites (N-methyl/N-ethyl adjacent to an activating group) is 1. The zero-order valence-electron chi connectivity index (χ0n) is 11.8. The van der Waals surface area contributed by atoms with E-state index in [9.17, 15) is 8.42 Å². The van der Waals surface area contributed by atoms with Crippen molar-refractivity contribution in [3.63, 3.8) is 0 Å². The fraction of sp³-hybridized carbons (Fsp3) is 0.571. The summed E-state index contributed by atoms with van der Waals surface area (Å²) in [4.78, 5) is 0.368. The van der Waals surface area contributed by atoms with Gasteiger partial charge in [0.2, 0.25) is 10.0 Å². The van der Waals surface area contributed by atoms with E-state index in [1.807, 2.05) is 19.2 Å². The Labute approximate surface area is 121 Å². The first kappa shape index (κ1) is 15.4. The Morgan fingerprint density at radius 3 is 2.65 bits per heavy atom. The van der Waals surface area contributed by atoms with Gasteiger partial charge >= 0.3 is 0 Å². The van der Waals surface area contributed by atoms with E-state index >= 15 is 0 Å². The number of nitrogens with one attached hydrogen (secondary N) is 1. The van der Waals surface area contributed by atoms with Crippen molar-refractivity contribution in [2.75, 3.05) is 39.9 Å². The van der Waals surface area contributed by atoms with Crippen LogP contribution in [0.25, 0.3) is 0 Å². The molecule has 0 saturated carbocycles. The largest absolute Gasteiger partial charge is 0.380 e. The maximum absolute atomic E-state index is 12.5. The van der Waals surface area contributed by atoms with E-state index in [0.29, 0.717) is 31.2 Å². The molecule has 5 nitrogen and oxygen atoms in total. The zero-order valence-corrected chi connectivity index (χ0v) is 12.7. The van der Waals surface area contributed by atoms with E-state index in [0.717, 1.165) is 24.9 Å². The molecule has 0 radical (unpaired) electrons. The van der Waals surface area contributed by atoms with Crippen LogP contribution in [-0.2, 0) is 21.2 Å². The Kier molecular flexibility index (Phi) is 5.54. The third kappa shape index (κ3) is 3.79. The van der Waals surface area contributed by atoms with Gasteiger partial charge in [-0.2, -0.15) is 4.31 Å². The van der Waals surface area contributed by atoms with Crippen LogP contribution < -0.4 is 5.32 Å². The van der Waals surface area contributed by atoms with Crippen molar-refractivity contribution in [1.82, 2.24) is 9.62 Å². The summed E-state index contributed by atoms with van der Waals surface area (Å²) in [5.41, 5.74) is 1.14. The molecule has 0 unspecified atom stereocenters. The zero-order chi connectivity index (χ0) is 14.4. The second kappa shape index (κ2) is 7.17. The van der Waals surface area contributed by atoms with Crippen LogP contribution in [-0.4, -0.2) is 52.6 Å². The fourth-order valence-corrected chi connectivity index (χ4v) is 3.67. The van der Waals surface area contributed by atoms with Crippen molar-refractivity contribution in [2.45, 2.75) is 17.7 Å². The predicted octanol–water partition coefficient (Wildman–Crippen LogP) is 0.860. The second-order valence-electron chi connectivity index (χ2n) is 4.87. The van der Waals surface area contributed by atoms with Gasteiger partial charge in [-0.25, -0.2) is 8.42 Å². The molecule has 1 saturated heterocycles. The minimum atomic E-state index is -3.38. The van der Waals surface area contributed by atoms with E-state index in [4.69, 9.17) is 4.74 Å². The summed E-state index contributed by atoms with van der Waals surface area (Å²) in [6, 6.07) is 7.18. The lowest BCUT2D eigenvalue weighted by molar-refractivity contribution is 0.148. The minimum Gasteiger partial charge on any atom is -0.380 e. The average molecular weight is 298 g/mol. The Hall–Kier alpha value is -0.950. The molecule has 2 rings (SSSR count). The van der Waals surface area contributed by atoms with Crippen LogP contribution in [0, 0.1) is 0 Å². The van der Waals surface area contributed by atoms with E-state index in [1.165, 1.54) is 4.31 Å². The van der Waals surface area contributed by atoms with Crippen LogP contribution >= 0.6 is 0 Å². The summed E-state index contributed by atoms with van der Waals surface area (Å²) in [5, 5.41) is 3.08. The monoisotopic (exact) mass is 298 g/mol. The fourth-order valence-electron chi connectivity index (χ4n) is 2.21. The average Bonchev–Trinajstić information content (AvgIpc) is 2.75. The second-order valence-corrected chi connectivity index (χ2v) is 6.81. The summed E-state index contributed by atoms with van der Waals surface area (Å²) in [6.45, 7) is 2.96. The molecule has 1 heterocycles. The van der Waals surface area contributed by atoms with Crippen molar-refractivity contribution in [2.24, 2.45) is 0 Å². The first-order valence-electron chi connectivity index (χ1n) is 6.96. The number of ether oxygens (including phenoxy) is 1. The summed E-state index contributed by atoms with van der Waals surface area (Å²) in [7, 11) is -1.48. The number of hydrogen-bond acceptors (Lipinski definition) is 4. The van der Waals surface area contributed by atoms with Crippen LogP contribution in [0.1, 0.15) is 12.0 Å². The van der Waals surface area contributed by atoms with E-state index in [1.54, 1.807) is 12.1 Å². The van der Waals surface area contributed by atoms with Crippen LogP contribution in [0.2, 0.25) is 0 Å². The number of benzene rings is 1. The molecular formula is C14H22N2O3S. The maximum Gasteiger partial charge on any atom is 0.243 e. The van der Waals surface area contributed by atoms with Gasteiger partial charge in [0.25, 0.3) is 0 Å². The van der Waals surface area contributed by atoms with Crippen LogP contribution in [0.3, 0.4) is 0 Å². The van der Waals surface area contributed by atoms with E-state index in [-0.39, 0.29) is 0 Å². The molecule has 0 aromatic heterocycles. The summed E-state index contributed by atoms with van der Waals surface area (Å²) < 4.78 is 31.9. The van der Waals surface area contributed by atoms with Crippen LogP contribution in [0.5, 0.6) is 0 Å². The van der Waals surface area contributed by atoms with Gasteiger partial charge in [0, 0.05) is 19.7 Å². The number of sulfonamides is 1. The Bertz CT molecular complexity index is 506. The Balaban J connectivity index is 2.12. The van der Waals surface area contributed by atoms with Crippen LogP contribution in [0.4, 0.5) is 0 Å². The van der Waals surface area contributed by atoms with Gasteiger partial charge in [-0.1, -0.05) is 12.1 Å². The lowest BCUT2D eigenvalue weighted by Crippen LogP contribution is -2.33. The van der Waals surface area contributed by atoms with E-state index in [2.05, 4.69) is 5.32 Å². The molecule has 112 valence electrons. The lowest BCUT2D eigenvalue weighted by atomic mass is 10.1. The van der Waals surface area contributed by atoms with Crippen LogP contribution in [0.15, 0.2) is 29.2 Å². The number of hydrogen-bond donors (Lipinski definition) is 1. The third-order valence-electron chi connectivity index (χ3n) is 3.41. The van der Waals surface area contributed by atoms with Crippen molar-refractivity contribution in [3.8, 4) is 0 Å². The highest BCUT2D eigenvalue weighted by Gasteiger charge is 2.25. The molecule has 1 fully saturated rings. The predicted molar refractivity (Wildman–Crippen MR) is 78.3 cm³/mol. The number of rotatable bonds is 5. The lowest BCUT2D eigenvalue weighted by Gasteiger charge is -2.19. The molecule has 1 aliphatic rings. The molecule has 0 atom stereocenters. The maximum atomic E-state index is 12.5. The highest BCUT2D eigenvalue weighted by Crippen LogP contribution is 2.18. The molecule has 1 N–H and O–H groups in total. The Morgan fingerprint density at radius 2 is 1.95 bits per heavy atom. The molecule has 20 heavy (non-hydrogen) atoms. The number of nitrogens with zero attached hydrogens (tertiary/aromatic N) is 1. The molecule has 0 amide bonds. The minimum absolute atomic E-state index is 0.368. The molecule has 0 bridgehead atoms. The first-order chi connectivity index (χ1) is 9.64. The summed E-state index contributed by atoms with van der Waals surface area (Å²) in [6.07, 6.45) is 1.65. The van der Waals surface area contributed by atoms with Gasteiger partial charge in [-0.15, -0.1) is 0 Å². The topological polar surface area (TPSA) is 58.6 Å². The molecule has 1 aliphatic heterocycles. The molecule has 0 aliphatic carbocycles. The summed E-state index contributed by atoms with van der Waals surface area (Å²) in [5.74, 6) is 0. The third-order valence-corrected chi connectivity index (χ3v) is 5.32. The Morgan fingerprint density at radius 1 is 1.20 bits per heavy atom. The molecular weight excluding hydrogens is 276 g/mol. The molecule has 1 aromatic carbocycles. The van der Waals surface area contributed by atoms with Crippen molar-refractivity contribution in [3.05, 3.63) is 29.8 Å². The first-order valence-corrected chi connectivity index (χ1v) is 8.40. The van der Waals surface area contributed by atoms with Gasteiger partial charge in [0.1, 0.15) is 0 Å². The highest BCUT2D eigenvalue weighted by atomic mass is 32.2. The normalized spacial score (nSPS) is 17.9. The van der Waals surface area contributed by atoms with Gasteiger partial charge < -0.3 is 10.1 Å². The smallest absolute Gasteiger partial charge is 0.243 e. The highest BCUT2D eigenvalue weighted by molar-refractivity contribution is 7.89. The van der Waals surface area contributed by atoms with Crippen molar-refractivity contribution in [1.29, 1.82) is 0 Å². The molecule has 6 heteroatoms. The van der Waals surface area contributed by atoms with Crippen molar-refractivity contribution < 1.29 is 13.2 Å².